The van der Waals surface area contributed by atoms with Gasteiger partial charge in [0, 0.05) is 24.8 Å². The van der Waals surface area contributed by atoms with Crippen LogP contribution in [0.5, 0.6) is 0 Å². The van der Waals surface area contributed by atoms with Crippen LogP contribution in [0.25, 0.3) is 0 Å². The number of carboxylic acids is 1. The Morgan fingerprint density at radius 3 is 2.67 bits per heavy atom. The summed E-state index contributed by atoms with van der Waals surface area (Å²) in [6.07, 6.45) is 2.73. The molecule has 1 aliphatic heterocycles. The number of carbonyl (C=O) groups excluding carboxylic acids is 1. The van der Waals surface area contributed by atoms with Crippen LogP contribution in [0.15, 0.2) is 24.3 Å². The third kappa shape index (κ3) is 5.62. The highest BCUT2D eigenvalue weighted by Crippen LogP contribution is 2.16. The van der Waals surface area contributed by atoms with Crippen molar-refractivity contribution in [3.63, 3.8) is 0 Å². The first kappa shape index (κ1) is 18.4. The average Bonchev–Trinajstić information content (AvgIpc) is 2.55. The van der Waals surface area contributed by atoms with Crippen LogP contribution >= 0.6 is 0 Å². The molecule has 0 unspecified atom stereocenters. The topological polar surface area (TPSA) is 72.9 Å². The first-order valence-corrected chi connectivity index (χ1v) is 8.51. The van der Waals surface area contributed by atoms with E-state index >= 15 is 0 Å². The molecule has 0 radical (unpaired) electrons. The van der Waals surface area contributed by atoms with E-state index in [2.05, 4.69) is 17.1 Å². The first-order valence-electron chi connectivity index (χ1n) is 8.51. The summed E-state index contributed by atoms with van der Waals surface area (Å²) in [6.45, 7) is 4.17. The number of hydrogen-bond donors (Lipinski definition) is 2. The molecule has 0 aliphatic carbocycles. The van der Waals surface area contributed by atoms with Crippen molar-refractivity contribution in [2.75, 3.05) is 38.5 Å². The van der Waals surface area contributed by atoms with Crippen molar-refractivity contribution in [1.82, 2.24) is 9.80 Å². The molecule has 0 atom stereocenters. The number of hydrogen-bond acceptors (Lipinski definition) is 4. The lowest BCUT2D eigenvalue weighted by atomic mass is 10.0. The van der Waals surface area contributed by atoms with Crippen LogP contribution in [0.2, 0.25) is 0 Å². The third-order valence-corrected chi connectivity index (χ3v) is 4.55. The van der Waals surface area contributed by atoms with E-state index in [1.54, 1.807) is 0 Å². The number of nitrogens with zero attached hydrogens (tertiary/aromatic N) is 2. The highest BCUT2D eigenvalue weighted by atomic mass is 16.4. The highest BCUT2D eigenvalue weighted by molar-refractivity contribution is 5.92. The zero-order valence-electron chi connectivity index (χ0n) is 14.5. The lowest BCUT2D eigenvalue weighted by molar-refractivity contribution is -0.138. The van der Waals surface area contributed by atoms with Crippen molar-refractivity contribution < 1.29 is 14.7 Å². The Hall–Kier alpha value is -1.92. The molecule has 132 valence electrons. The van der Waals surface area contributed by atoms with Crippen LogP contribution < -0.4 is 5.32 Å². The van der Waals surface area contributed by atoms with Crippen molar-refractivity contribution >= 4 is 17.6 Å². The molecule has 6 heteroatoms. The molecule has 0 spiro atoms. The molecule has 1 aromatic carbocycles. The van der Waals surface area contributed by atoms with Gasteiger partial charge in [-0.2, -0.15) is 0 Å². The number of piperidine rings is 1. The van der Waals surface area contributed by atoms with Crippen LogP contribution in [0, 0.1) is 0 Å². The van der Waals surface area contributed by atoms with Crippen LogP contribution in [0.1, 0.15) is 25.3 Å². The second-order valence-electron chi connectivity index (χ2n) is 6.42. The zero-order valence-corrected chi connectivity index (χ0v) is 14.5. The Kier molecular flexibility index (Phi) is 6.75. The fourth-order valence-corrected chi connectivity index (χ4v) is 3.13. The number of likely N-dealkylation sites (N-methyl/N-ethyl adjacent to an activating group) is 1. The Morgan fingerprint density at radius 2 is 2.04 bits per heavy atom. The molecule has 1 saturated heterocycles. The van der Waals surface area contributed by atoms with Gasteiger partial charge in [-0.15, -0.1) is 0 Å². The number of anilines is 1. The van der Waals surface area contributed by atoms with Gasteiger partial charge >= 0.3 is 5.97 Å². The molecule has 1 amide bonds. The minimum atomic E-state index is -0.798. The first-order chi connectivity index (χ1) is 11.5. The summed E-state index contributed by atoms with van der Waals surface area (Å²) in [6, 6.07) is 8.20. The number of rotatable bonds is 7. The lowest BCUT2D eigenvalue weighted by Gasteiger charge is -2.35. The highest BCUT2D eigenvalue weighted by Gasteiger charge is 2.24. The molecular formula is C18H27N3O3. The normalized spacial score (nSPS) is 16.3. The summed E-state index contributed by atoms with van der Waals surface area (Å²) in [5.74, 6) is -0.797. The third-order valence-electron chi connectivity index (χ3n) is 4.55. The summed E-state index contributed by atoms with van der Waals surface area (Å²) >= 11 is 0. The smallest absolute Gasteiger partial charge is 0.317 e. The number of likely N-dealkylation sites (tertiary alicyclic amines) is 1. The molecular weight excluding hydrogens is 306 g/mol. The van der Waals surface area contributed by atoms with Gasteiger partial charge in [-0.3, -0.25) is 19.4 Å². The Bertz CT molecular complexity index is 568. The fourth-order valence-electron chi connectivity index (χ4n) is 3.13. The van der Waals surface area contributed by atoms with E-state index in [1.165, 1.54) is 5.56 Å². The summed E-state index contributed by atoms with van der Waals surface area (Å²) in [4.78, 5) is 27.0. The predicted molar refractivity (Wildman–Crippen MR) is 94.2 cm³/mol. The molecule has 2 rings (SSSR count). The number of nitrogens with one attached hydrogen (secondary N) is 1. The SMILES string of the molecule is CCc1cccc(NC(=O)CN2CCC(N(C)CC(=O)O)CC2)c1. The zero-order chi connectivity index (χ0) is 17.5. The van der Waals surface area contributed by atoms with Crippen molar-refractivity contribution in [2.24, 2.45) is 0 Å². The minimum absolute atomic E-state index is 0.000550. The maximum atomic E-state index is 12.2. The number of aryl methyl sites for hydroxylation is 1. The van der Waals surface area contributed by atoms with Crippen LogP contribution in [-0.4, -0.2) is 66.1 Å². The van der Waals surface area contributed by atoms with E-state index < -0.39 is 5.97 Å². The van der Waals surface area contributed by atoms with Gasteiger partial charge in [0.2, 0.25) is 5.91 Å². The van der Waals surface area contributed by atoms with E-state index in [4.69, 9.17) is 5.11 Å². The lowest BCUT2D eigenvalue weighted by Crippen LogP contribution is -2.46. The van der Waals surface area contributed by atoms with Crippen LogP contribution in [-0.2, 0) is 16.0 Å². The monoisotopic (exact) mass is 333 g/mol. The van der Waals surface area contributed by atoms with E-state index in [0.717, 1.165) is 38.0 Å². The van der Waals surface area contributed by atoms with Gasteiger partial charge in [0.1, 0.15) is 0 Å². The molecule has 1 fully saturated rings. The van der Waals surface area contributed by atoms with Gasteiger partial charge in [0.15, 0.2) is 0 Å². The van der Waals surface area contributed by atoms with Gasteiger partial charge in [0.05, 0.1) is 13.1 Å². The molecule has 24 heavy (non-hydrogen) atoms. The average molecular weight is 333 g/mol. The summed E-state index contributed by atoms with van der Waals surface area (Å²) in [5.41, 5.74) is 2.05. The van der Waals surface area contributed by atoms with E-state index in [9.17, 15) is 9.59 Å². The van der Waals surface area contributed by atoms with Gasteiger partial charge in [-0.1, -0.05) is 19.1 Å². The van der Waals surface area contributed by atoms with Gasteiger partial charge in [0.25, 0.3) is 0 Å². The quantitative estimate of drug-likeness (QED) is 0.794. The summed E-state index contributed by atoms with van der Waals surface area (Å²) < 4.78 is 0. The predicted octanol–water partition coefficient (Wildman–Crippen LogP) is 1.67. The van der Waals surface area contributed by atoms with E-state index in [-0.39, 0.29) is 18.5 Å². The molecule has 6 nitrogen and oxygen atoms in total. The van der Waals surface area contributed by atoms with Crippen LogP contribution in [0.4, 0.5) is 5.69 Å². The number of aliphatic carboxylic acids is 1. The maximum Gasteiger partial charge on any atom is 0.317 e. The molecule has 1 heterocycles. The van der Waals surface area contributed by atoms with Crippen molar-refractivity contribution in [1.29, 1.82) is 0 Å². The van der Waals surface area contributed by atoms with Gasteiger partial charge < -0.3 is 10.4 Å². The maximum absolute atomic E-state index is 12.2. The van der Waals surface area contributed by atoms with Crippen molar-refractivity contribution in [3.8, 4) is 0 Å². The number of carboxylic acid groups (broad SMARTS) is 1. The van der Waals surface area contributed by atoms with Gasteiger partial charge in [-0.05, 0) is 44.0 Å². The van der Waals surface area contributed by atoms with E-state index in [0.29, 0.717) is 6.54 Å². The number of amides is 1. The molecule has 1 aromatic rings. The Labute approximate surface area is 143 Å². The van der Waals surface area contributed by atoms with E-state index in [1.807, 2.05) is 36.2 Å². The standard InChI is InChI=1S/C18H27N3O3/c1-3-14-5-4-6-15(11-14)19-17(22)12-21-9-7-16(8-10-21)20(2)13-18(23)24/h4-6,11,16H,3,7-10,12-13H2,1-2H3,(H,19,22)(H,23,24). The Morgan fingerprint density at radius 1 is 1.33 bits per heavy atom. The molecule has 0 bridgehead atoms. The molecule has 0 saturated carbocycles. The largest absolute Gasteiger partial charge is 0.480 e. The number of carbonyl (C=O) groups is 2. The minimum Gasteiger partial charge on any atom is -0.480 e. The molecule has 2 N–H and O–H groups in total. The van der Waals surface area contributed by atoms with Crippen LogP contribution in [0.3, 0.4) is 0 Å². The van der Waals surface area contributed by atoms with Gasteiger partial charge in [-0.25, -0.2) is 0 Å². The second kappa shape index (κ2) is 8.80. The van der Waals surface area contributed by atoms with Crippen molar-refractivity contribution in [3.05, 3.63) is 29.8 Å². The molecule has 0 aromatic heterocycles. The second-order valence-corrected chi connectivity index (χ2v) is 6.42. The summed E-state index contributed by atoms with van der Waals surface area (Å²) in [7, 11) is 1.85. The summed E-state index contributed by atoms with van der Waals surface area (Å²) in [5, 5.41) is 11.8. The molecule has 1 aliphatic rings. The Balaban J connectivity index is 1.76. The fraction of sp³-hybridized carbons (Fsp3) is 0.556. The van der Waals surface area contributed by atoms with Crippen molar-refractivity contribution in [2.45, 2.75) is 32.2 Å². The number of benzene rings is 1.